The minimum absolute atomic E-state index is 0. The Hall–Kier alpha value is 0.183. The molecule has 0 heterocycles. The van der Waals surface area contributed by atoms with Gasteiger partial charge in [-0.25, -0.2) is 0 Å². The van der Waals surface area contributed by atoms with Crippen molar-refractivity contribution in [3.05, 3.63) is 0 Å². The van der Waals surface area contributed by atoms with Crippen LogP contribution in [0.25, 0.3) is 0 Å². The van der Waals surface area contributed by atoms with Crippen molar-refractivity contribution in [1.29, 1.82) is 0 Å². The van der Waals surface area contributed by atoms with Gasteiger partial charge in [0.15, 0.2) is 0 Å². The Morgan fingerprint density at radius 2 is 1.04 bits per heavy atom. The number of carbonyl (C=O) groups excluding carboxylic acids is 2. The molecule has 0 aliphatic carbocycles. The Kier molecular flexibility index (Phi) is 31.6. The van der Waals surface area contributed by atoms with Gasteiger partial charge in [-0.05, 0) is 12.8 Å². The first-order chi connectivity index (χ1) is 11.6. The largest absolute Gasteiger partial charge is 0.463 e. The van der Waals surface area contributed by atoms with Crippen molar-refractivity contribution in [2.75, 3.05) is 51.1 Å². The summed E-state index contributed by atoms with van der Waals surface area (Å²) in [6.07, 6.45) is 4.36. The van der Waals surface area contributed by atoms with Gasteiger partial charge in [0.05, 0.1) is 24.7 Å². The maximum Gasteiger partial charge on any atom is 0.315 e. The van der Waals surface area contributed by atoms with E-state index in [1.807, 2.05) is 0 Å². The third-order valence-corrected chi connectivity index (χ3v) is 3.04. The zero-order valence-electron chi connectivity index (χ0n) is 15.5. The molecule has 0 aromatic rings. The summed E-state index contributed by atoms with van der Waals surface area (Å²) in [5.74, 6) is -0.320. The summed E-state index contributed by atoms with van der Waals surface area (Å²) in [5, 5.41) is 0. The SMILES string of the molecule is CCCCOCCOC(=O)CS.CCCCOCCOC(=O)CS.[Zn]. The van der Waals surface area contributed by atoms with Crippen LogP contribution < -0.4 is 0 Å². The van der Waals surface area contributed by atoms with Crippen LogP contribution in [0.15, 0.2) is 0 Å². The summed E-state index contributed by atoms with van der Waals surface area (Å²) in [7, 11) is 0. The zero-order valence-corrected chi connectivity index (χ0v) is 20.3. The maximum atomic E-state index is 10.5. The van der Waals surface area contributed by atoms with Gasteiger partial charge in [-0.1, -0.05) is 26.7 Å². The molecule has 0 aliphatic rings. The summed E-state index contributed by atoms with van der Waals surface area (Å²) < 4.78 is 19.8. The third kappa shape index (κ3) is 29.2. The topological polar surface area (TPSA) is 71.1 Å². The van der Waals surface area contributed by atoms with Crippen LogP contribution in [0.2, 0.25) is 0 Å². The van der Waals surface area contributed by atoms with Crippen molar-refractivity contribution in [2.24, 2.45) is 0 Å². The molecule has 0 radical (unpaired) electrons. The number of unbranched alkanes of at least 4 members (excludes halogenated alkanes) is 2. The summed E-state index contributed by atoms with van der Waals surface area (Å²) >= 11 is 7.52. The van der Waals surface area contributed by atoms with E-state index in [1.165, 1.54) is 0 Å². The molecule has 25 heavy (non-hydrogen) atoms. The quantitative estimate of drug-likeness (QED) is 0.184. The first-order valence-corrected chi connectivity index (χ1v) is 9.57. The average molecular weight is 450 g/mol. The second-order valence-electron chi connectivity index (χ2n) is 4.69. The number of ether oxygens (including phenoxy) is 4. The monoisotopic (exact) mass is 448 g/mol. The van der Waals surface area contributed by atoms with Crippen LogP contribution in [0, 0.1) is 0 Å². The normalized spacial score (nSPS) is 9.44. The summed E-state index contributed by atoms with van der Waals surface area (Å²) in [4.78, 5) is 21.1. The average Bonchev–Trinajstić information content (AvgIpc) is 2.61. The Morgan fingerprint density at radius 3 is 1.32 bits per heavy atom. The summed E-state index contributed by atoms with van der Waals surface area (Å²) in [6.45, 7) is 7.34. The smallest absolute Gasteiger partial charge is 0.315 e. The van der Waals surface area contributed by atoms with Gasteiger partial charge in [0, 0.05) is 32.7 Å². The first-order valence-electron chi connectivity index (χ1n) is 8.30. The van der Waals surface area contributed by atoms with Crippen LogP contribution >= 0.6 is 25.3 Å². The Labute approximate surface area is 175 Å². The third-order valence-electron chi connectivity index (χ3n) is 2.52. The van der Waals surface area contributed by atoms with E-state index in [0.29, 0.717) is 26.4 Å². The van der Waals surface area contributed by atoms with Crippen molar-refractivity contribution >= 4 is 37.2 Å². The molecule has 0 rings (SSSR count). The molecule has 0 saturated carbocycles. The fourth-order valence-corrected chi connectivity index (χ4v) is 1.40. The van der Waals surface area contributed by atoms with Gasteiger partial charge in [-0.3, -0.25) is 9.59 Å². The predicted molar refractivity (Wildman–Crippen MR) is 101 cm³/mol. The van der Waals surface area contributed by atoms with Crippen LogP contribution in [-0.4, -0.2) is 63.1 Å². The molecule has 0 spiro atoms. The summed E-state index contributed by atoms with van der Waals surface area (Å²) in [5.41, 5.74) is 0. The van der Waals surface area contributed by atoms with E-state index in [0.717, 1.165) is 38.9 Å². The second kappa shape index (κ2) is 26.4. The van der Waals surface area contributed by atoms with Crippen LogP contribution in [0.4, 0.5) is 0 Å². The molecule has 9 heteroatoms. The molecular formula is C16H32O6S2Zn. The standard InChI is InChI=1S/2C8H16O3S.Zn/c2*1-2-3-4-10-5-6-11-8(9)7-12;/h2*12H,2-7H2,1H3;. The van der Waals surface area contributed by atoms with Gasteiger partial charge < -0.3 is 18.9 Å². The number of carbonyl (C=O) groups is 2. The molecule has 0 aromatic carbocycles. The van der Waals surface area contributed by atoms with Crippen LogP contribution in [-0.2, 0) is 48.0 Å². The molecule has 6 nitrogen and oxygen atoms in total. The number of hydrogen-bond donors (Lipinski definition) is 2. The fourth-order valence-electron chi connectivity index (χ4n) is 1.22. The van der Waals surface area contributed by atoms with Gasteiger partial charge >= 0.3 is 11.9 Å². The van der Waals surface area contributed by atoms with Crippen molar-refractivity contribution in [3.63, 3.8) is 0 Å². The summed E-state index contributed by atoms with van der Waals surface area (Å²) in [6, 6.07) is 0. The minimum atomic E-state index is -0.294. The Balaban J connectivity index is -0.000000372. The Morgan fingerprint density at radius 1 is 0.680 bits per heavy atom. The number of hydrogen-bond acceptors (Lipinski definition) is 8. The predicted octanol–water partition coefficient (Wildman–Crippen LogP) is 2.55. The van der Waals surface area contributed by atoms with Crippen molar-refractivity contribution in [3.8, 4) is 0 Å². The van der Waals surface area contributed by atoms with Crippen molar-refractivity contribution in [1.82, 2.24) is 0 Å². The maximum absolute atomic E-state index is 10.5. The van der Waals surface area contributed by atoms with Gasteiger partial charge in [0.25, 0.3) is 0 Å². The molecule has 0 amide bonds. The van der Waals surface area contributed by atoms with Gasteiger partial charge in [0.1, 0.15) is 13.2 Å². The van der Waals surface area contributed by atoms with E-state index in [1.54, 1.807) is 0 Å². The van der Waals surface area contributed by atoms with Crippen molar-refractivity contribution < 1.29 is 48.0 Å². The number of esters is 2. The second-order valence-corrected chi connectivity index (χ2v) is 5.32. The molecule has 0 N–H and O–H groups in total. The molecule has 0 aromatic heterocycles. The molecule has 146 valence electrons. The molecule has 0 unspecified atom stereocenters. The first kappa shape index (κ1) is 29.9. The zero-order chi connectivity index (χ0) is 18.5. The van der Waals surface area contributed by atoms with E-state index in [9.17, 15) is 9.59 Å². The minimum Gasteiger partial charge on any atom is -0.463 e. The molecular weight excluding hydrogens is 418 g/mol. The van der Waals surface area contributed by atoms with Crippen LogP contribution in [0.5, 0.6) is 0 Å². The van der Waals surface area contributed by atoms with Gasteiger partial charge in [0.2, 0.25) is 0 Å². The van der Waals surface area contributed by atoms with Crippen molar-refractivity contribution in [2.45, 2.75) is 39.5 Å². The van der Waals surface area contributed by atoms with Gasteiger partial charge in [-0.15, -0.1) is 0 Å². The van der Waals surface area contributed by atoms with Crippen LogP contribution in [0.1, 0.15) is 39.5 Å². The molecule has 0 bridgehead atoms. The molecule has 0 aliphatic heterocycles. The molecule has 0 atom stereocenters. The van der Waals surface area contributed by atoms with Gasteiger partial charge in [-0.2, -0.15) is 25.3 Å². The number of thiol groups is 2. The van der Waals surface area contributed by atoms with E-state index >= 15 is 0 Å². The molecule has 0 saturated heterocycles. The number of rotatable bonds is 14. The van der Waals surface area contributed by atoms with Crippen LogP contribution in [0.3, 0.4) is 0 Å². The Bertz CT molecular complexity index is 268. The molecule has 0 fully saturated rings. The fraction of sp³-hybridized carbons (Fsp3) is 0.875. The van der Waals surface area contributed by atoms with E-state index in [2.05, 4.69) is 39.1 Å². The van der Waals surface area contributed by atoms with E-state index < -0.39 is 0 Å². The van der Waals surface area contributed by atoms with E-state index in [4.69, 9.17) is 18.9 Å². The van der Waals surface area contributed by atoms with E-state index in [-0.39, 0.29) is 42.9 Å².